The van der Waals surface area contributed by atoms with Gasteiger partial charge in [0, 0.05) is 26.2 Å². The number of thiophene rings is 1. The summed E-state index contributed by atoms with van der Waals surface area (Å²) in [6.45, 7) is 2.47. The van der Waals surface area contributed by atoms with Gasteiger partial charge in [-0.3, -0.25) is 14.6 Å². The molecular formula is C13H16ClF3N2OS. The molecule has 0 bridgehead atoms. The number of hydrogen-bond acceptors (Lipinski definition) is 4. The fourth-order valence-corrected chi connectivity index (χ4v) is 3.45. The molecule has 1 fully saturated rings. The van der Waals surface area contributed by atoms with E-state index in [0.717, 1.165) is 0 Å². The minimum atomic E-state index is -4.17. The Morgan fingerprint density at radius 3 is 2.43 bits per heavy atom. The van der Waals surface area contributed by atoms with Gasteiger partial charge in [0.05, 0.1) is 21.8 Å². The molecule has 1 aromatic heterocycles. The maximum Gasteiger partial charge on any atom is 0.401 e. The van der Waals surface area contributed by atoms with Crippen molar-refractivity contribution in [3.63, 3.8) is 0 Å². The Morgan fingerprint density at radius 1 is 1.33 bits per heavy atom. The van der Waals surface area contributed by atoms with E-state index in [-0.39, 0.29) is 11.8 Å². The number of Topliss-reactive ketones (excluding diaryl/α,β-unsaturated/α-hetero) is 1. The van der Waals surface area contributed by atoms with Gasteiger partial charge in [0.15, 0.2) is 5.78 Å². The van der Waals surface area contributed by atoms with E-state index in [1.807, 2.05) is 4.90 Å². The Hall–Kier alpha value is -0.630. The number of halogens is 4. The number of carbonyl (C=O) groups is 1. The monoisotopic (exact) mass is 340 g/mol. The molecule has 2 rings (SSSR count). The molecule has 0 N–H and O–H groups in total. The third kappa shape index (κ3) is 4.67. The van der Waals surface area contributed by atoms with Crippen LogP contribution in [0, 0.1) is 0 Å². The summed E-state index contributed by atoms with van der Waals surface area (Å²) in [5.74, 6) is -0.0313. The minimum Gasteiger partial charge on any atom is -0.292 e. The number of hydrogen-bond donors (Lipinski definition) is 0. The fraction of sp³-hybridized carbons (Fsp3) is 0.615. The lowest BCUT2D eigenvalue weighted by Gasteiger charge is -2.37. The normalized spacial score (nSPS) is 19.7. The molecular weight excluding hydrogens is 325 g/mol. The van der Waals surface area contributed by atoms with Crippen LogP contribution in [0.15, 0.2) is 12.1 Å². The zero-order valence-corrected chi connectivity index (χ0v) is 13.1. The Bertz CT molecular complexity index is 498. The molecule has 21 heavy (non-hydrogen) atoms. The maximum absolute atomic E-state index is 12.3. The Morgan fingerprint density at radius 2 is 1.95 bits per heavy atom. The van der Waals surface area contributed by atoms with Gasteiger partial charge in [0.25, 0.3) is 0 Å². The maximum atomic E-state index is 12.3. The number of ketones is 1. The summed E-state index contributed by atoms with van der Waals surface area (Å²) in [5, 5.41) is 0. The fourth-order valence-electron chi connectivity index (χ4n) is 2.38. The lowest BCUT2D eigenvalue weighted by atomic mass is 10.1. The smallest absolute Gasteiger partial charge is 0.292 e. The van der Waals surface area contributed by atoms with Crippen molar-refractivity contribution in [1.82, 2.24) is 9.80 Å². The molecule has 118 valence electrons. The summed E-state index contributed by atoms with van der Waals surface area (Å²) in [6.07, 6.45) is -4.17. The molecule has 1 aliphatic rings. The quantitative estimate of drug-likeness (QED) is 0.787. The molecule has 1 unspecified atom stereocenters. The van der Waals surface area contributed by atoms with Crippen molar-refractivity contribution < 1.29 is 18.0 Å². The summed E-state index contributed by atoms with van der Waals surface area (Å²) < 4.78 is 37.5. The van der Waals surface area contributed by atoms with Gasteiger partial charge in [0.1, 0.15) is 0 Å². The van der Waals surface area contributed by atoms with Crippen molar-refractivity contribution in [2.24, 2.45) is 0 Å². The molecule has 0 saturated carbocycles. The largest absolute Gasteiger partial charge is 0.401 e. The Balaban J connectivity index is 1.88. The van der Waals surface area contributed by atoms with Gasteiger partial charge < -0.3 is 0 Å². The molecule has 0 aromatic carbocycles. The molecule has 8 heteroatoms. The highest BCUT2D eigenvalue weighted by Crippen LogP contribution is 2.24. The molecule has 0 aliphatic carbocycles. The first kappa shape index (κ1) is 16.7. The average Bonchev–Trinajstić information content (AvgIpc) is 2.83. The predicted molar refractivity (Wildman–Crippen MR) is 77.2 cm³/mol. The van der Waals surface area contributed by atoms with Gasteiger partial charge in [0.2, 0.25) is 0 Å². The zero-order chi connectivity index (χ0) is 15.6. The van der Waals surface area contributed by atoms with Crippen molar-refractivity contribution in [1.29, 1.82) is 0 Å². The number of nitrogens with zero attached hydrogens (tertiary/aromatic N) is 2. The highest BCUT2D eigenvalue weighted by Gasteiger charge is 2.33. The molecule has 1 saturated heterocycles. The highest BCUT2D eigenvalue weighted by molar-refractivity contribution is 7.18. The van der Waals surface area contributed by atoms with Crippen LogP contribution in [0.3, 0.4) is 0 Å². The molecule has 3 nitrogen and oxygen atoms in total. The second-order valence-electron chi connectivity index (χ2n) is 5.07. The predicted octanol–water partition coefficient (Wildman–Crippen LogP) is 3.15. The van der Waals surface area contributed by atoms with Crippen LogP contribution in [0.25, 0.3) is 0 Å². The van der Waals surface area contributed by atoms with E-state index in [2.05, 4.69) is 0 Å². The number of alkyl halides is 3. The zero-order valence-electron chi connectivity index (χ0n) is 11.5. The summed E-state index contributed by atoms with van der Waals surface area (Å²) in [5.41, 5.74) is 0. The average molecular weight is 341 g/mol. The van der Waals surface area contributed by atoms with E-state index in [4.69, 9.17) is 11.6 Å². The number of rotatable bonds is 4. The van der Waals surface area contributed by atoms with Gasteiger partial charge in [-0.05, 0) is 19.1 Å². The Labute approximate surface area is 130 Å². The van der Waals surface area contributed by atoms with Gasteiger partial charge in [-0.15, -0.1) is 11.3 Å². The van der Waals surface area contributed by atoms with Crippen LogP contribution in [-0.2, 0) is 0 Å². The molecule has 0 radical (unpaired) electrons. The van der Waals surface area contributed by atoms with E-state index >= 15 is 0 Å². The lowest BCUT2D eigenvalue weighted by molar-refractivity contribution is -0.149. The number of carbonyl (C=O) groups excluding carboxylic acids is 1. The van der Waals surface area contributed by atoms with Crippen LogP contribution in [0.2, 0.25) is 4.34 Å². The van der Waals surface area contributed by atoms with E-state index in [1.54, 1.807) is 19.1 Å². The summed E-state index contributed by atoms with van der Waals surface area (Å²) in [4.78, 5) is 16.2. The summed E-state index contributed by atoms with van der Waals surface area (Å²) in [6, 6.07) is 3.02. The molecule has 1 atom stereocenters. The van der Waals surface area contributed by atoms with E-state index in [1.165, 1.54) is 16.2 Å². The van der Waals surface area contributed by atoms with Gasteiger partial charge in [-0.25, -0.2) is 0 Å². The molecule has 1 aromatic rings. The molecule has 0 amide bonds. The molecule has 0 spiro atoms. The third-order valence-electron chi connectivity index (χ3n) is 3.55. The first-order chi connectivity index (χ1) is 9.76. The van der Waals surface area contributed by atoms with Crippen LogP contribution in [0.5, 0.6) is 0 Å². The van der Waals surface area contributed by atoms with Gasteiger partial charge in [-0.2, -0.15) is 13.2 Å². The van der Waals surface area contributed by atoms with Crippen molar-refractivity contribution in [2.75, 3.05) is 32.7 Å². The molecule has 2 heterocycles. The van der Waals surface area contributed by atoms with Crippen LogP contribution < -0.4 is 0 Å². The first-order valence-electron chi connectivity index (χ1n) is 6.59. The van der Waals surface area contributed by atoms with Gasteiger partial charge in [-0.1, -0.05) is 11.6 Å². The topological polar surface area (TPSA) is 23.6 Å². The lowest BCUT2D eigenvalue weighted by Crippen LogP contribution is -2.53. The summed E-state index contributed by atoms with van der Waals surface area (Å²) >= 11 is 7.04. The molecule has 1 aliphatic heterocycles. The van der Waals surface area contributed by atoms with E-state index in [0.29, 0.717) is 35.4 Å². The Kier molecular flexibility index (Phi) is 5.29. The highest BCUT2D eigenvalue weighted by atomic mass is 35.5. The van der Waals surface area contributed by atoms with Crippen molar-refractivity contribution in [3.8, 4) is 0 Å². The van der Waals surface area contributed by atoms with E-state index < -0.39 is 12.7 Å². The van der Waals surface area contributed by atoms with E-state index in [9.17, 15) is 18.0 Å². The first-order valence-corrected chi connectivity index (χ1v) is 7.78. The van der Waals surface area contributed by atoms with Crippen molar-refractivity contribution >= 4 is 28.7 Å². The minimum absolute atomic E-state index is 0.0313. The second kappa shape index (κ2) is 6.64. The summed E-state index contributed by atoms with van der Waals surface area (Å²) in [7, 11) is 0. The van der Waals surface area contributed by atoms with Crippen LogP contribution in [0.1, 0.15) is 16.6 Å². The number of piperazine rings is 1. The van der Waals surface area contributed by atoms with Crippen LogP contribution in [0.4, 0.5) is 13.2 Å². The van der Waals surface area contributed by atoms with Crippen LogP contribution >= 0.6 is 22.9 Å². The third-order valence-corrected chi connectivity index (χ3v) is 4.80. The van der Waals surface area contributed by atoms with Crippen LogP contribution in [-0.4, -0.2) is 60.5 Å². The van der Waals surface area contributed by atoms with Crippen molar-refractivity contribution in [3.05, 3.63) is 21.3 Å². The van der Waals surface area contributed by atoms with Gasteiger partial charge >= 0.3 is 6.18 Å². The second-order valence-corrected chi connectivity index (χ2v) is 6.79. The standard InChI is InChI=1S/C13H16ClF3N2OS/c1-9(12(20)10-2-3-11(14)21-10)19-6-4-18(5-7-19)8-13(15,16)17/h2-3,9H,4-8H2,1H3. The SMILES string of the molecule is CC(C(=O)c1ccc(Cl)s1)N1CCN(CC(F)(F)F)CC1. The van der Waals surface area contributed by atoms with Crippen molar-refractivity contribution in [2.45, 2.75) is 19.1 Å².